The largest absolute Gasteiger partial charge is 0.497 e. The predicted molar refractivity (Wildman–Crippen MR) is 79.8 cm³/mol. The van der Waals surface area contributed by atoms with E-state index in [0.717, 1.165) is 25.9 Å². The van der Waals surface area contributed by atoms with Crippen LogP contribution >= 0.6 is 0 Å². The molecular weight excluding hydrogens is 273 g/mol. The number of hydrogen-bond donors (Lipinski definition) is 2. The second-order valence-corrected chi connectivity index (χ2v) is 5.21. The van der Waals surface area contributed by atoms with E-state index in [-0.39, 0.29) is 30.7 Å². The normalized spacial score (nSPS) is 15.9. The van der Waals surface area contributed by atoms with Gasteiger partial charge in [0.15, 0.2) is 0 Å². The van der Waals surface area contributed by atoms with E-state index in [4.69, 9.17) is 10.5 Å². The summed E-state index contributed by atoms with van der Waals surface area (Å²) in [4.78, 5) is 14.0. The molecular formula is C15H22FN3O2. The number of carbonyl (C=O) groups is 1. The van der Waals surface area contributed by atoms with Crippen LogP contribution in [0.15, 0.2) is 18.2 Å². The highest BCUT2D eigenvalue weighted by molar-refractivity contribution is 5.77. The lowest BCUT2D eigenvalue weighted by atomic mass is 10.1. The van der Waals surface area contributed by atoms with Crippen LogP contribution in [0.4, 0.5) is 10.1 Å². The summed E-state index contributed by atoms with van der Waals surface area (Å²) in [5.74, 6) is 0.238. The molecule has 21 heavy (non-hydrogen) atoms. The average Bonchev–Trinajstić information content (AvgIpc) is 3.03. The van der Waals surface area contributed by atoms with E-state index < -0.39 is 0 Å². The molecule has 0 aliphatic carbocycles. The summed E-state index contributed by atoms with van der Waals surface area (Å²) in [5.41, 5.74) is 6.01. The topological polar surface area (TPSA) is 67.6 Å². The highest BCUT2D eigenvalue weighted by Gasteiger charge is 2.21. The summed E-state index contributed by atoms with van der Waals surface area (Å²) in [6.45, 7) is 1.88. The molecule has 0 radical (unpaired) electrons. The quantitative estimate of drug-likeness (QED) is 0.836. The number of anilines is 1. The zero-order valence-electron chi connectivity index (χ0n) is 12.3. The fourth-order valence-electron chi connectivity index (χ4n) is 2.46. The fraction of sp³-hybridized carbons (Fsp3) is 0.533. The molecule has 1 aliphatic rings. The summed E-state index contributed by atoms with van der Waals surface area (Å²) in [5, 5.41) is 3.00. The molecule has 2 rings (SSSR count). The lowest BCUT2D eigenvalue weighted by molar-refractivity contribution is -0.130. The SMILES string of the molecule is COc1ccc(F)c(NC(CN)CC(=O)N2CCCC2)c1. The van der Waals surface area contributed by atoms with E-state index in [1.807, 2.05) is 4.90 Å². The third-order valence-electron chi connectivity index (χ3n) is 3.70. The van der Waals surface area contributed by atoms with Crippen molar-refractivity contribution < 1.29 is 13.9 Å². The number of benzene rings is 1. The number of ether oxygens (including phenoxy) is 1. The maximum Gasteiger partial charge on any atom is 0.224 e. The minimum atomic E-state index is -0.386. The molecule has 1 saturated heterocycles. The van der Waals surface area contributed by atoms with Crippen molar-refractivity contribution in [1.82, 2.24) is 4.90 Å². The first kappa shape index (κ1) is 15.6. The van der Waals surface area contributed by atoms with Gasteiger partial charge in [-0.25, -0.2) is 4.39 Å². The van der Waals surface area contributed by atoms with Crippen molar-refractivity contribution in [3.63, 3.8) is 0 Å². The Bertz CT molecular complexity index is 490. The zero-order chi connectivity index (χ0) is 15.2. The molecule has 6 heteroatoms. The van der Waals surface area contributed by atoms with Gasteiger partial charge in [-0.2, -0.15) is 0 Å². The number of likely N-dealkylation sites (tertiary alicyclic amines) is 1. The number of nitrogens with two attached hydrogens (primary N) is 1. The van der Waals surface area contributed by atoms with Crippen molar-refractivity contribution >= 4 is 11.6 Å². The minimum absolute atomic E-state index is 0.0683. The Morgan fingerprint density at radius 3 is 2.81 bits per heavy atom. The van der Waals surface area contributed by atoms with Crippen molar-refractivity contribution in [2.24, 2.45) is 5.73 Å². The van der Waals surface area contributed by atoms with Crippen LogP contribution in [0.1, 0.15) is 19.3 Å². The highest BCUT2D eigenvalue weighted by Crippen LogP contribution is 2.22. The van der Waals surface area contributed by atoms with Gasteiger partial charge in [-0.05, 0) is 25.0 Å². The van der Waals surface area contributed by atoms with Crippen LogP contribution in [0, 0.1) is 5.82 Å². The molecule has 1 unspecified atom stereocenters. The molecule has 3 N–H and O–H groups in total. The molecule has 1 atom stereocenters. The summed E-state index contributed by atoms with van der Waals surface area (Å²) in [7, 11) is 1.52. The smallest absolute Gasteiger partial charge is 0.224 e. The molecule has 0 saturated carbocycles. The summed E-state index contributed by atoms with van der Waals surface area (Å²) in [6.07, 6.45) is 2.38. The average molecular weight is 295 g/mol. The van der Waals surface area contributed by atoms with Crippen molar-refractivity contribution in [3.8, 4) is 5.75 Å². The summed E-state index contributed by atoms with van der Waals surface area (Å²) < 4.78 is 18.9. The molecule has 1 aromatic rings. The molecule has 0 spiro atoms. The number of nitrogens with zero attached hydrogens (tertiary/aromatic N) is 1. The summed E-state index contributed by atoms with van der Waals surface area (Å²) in [6, 6.07) is 4.16. The van der Waals surface area contributed by atoms with Crippen molar-refractivity contribution in [3.05, 3.63) is 24.0 Å². The van der Waals surface area contributed by atoms with Crippen LogP contribution in [-0.4, -0.2) is 43.6 Å². The van der Waals surface area contributed by atoms with E-state index in [1.54, 1.807) is 12.1 Å². The van der Waals surface area contributed by atoms with Gasteiger partial charge in [0.2, 0.25) is 5.91 Å². The second kappa shape index (κ2) is 7.26. The van der Waals surface area contributed by atoms with E-state index in [0.29, 0.717) is 11.4 Å². The van der Waals surface area contributed by atoms with Crippen LogP contribution in [0.25, 0.3) is 0 Å². The molecule has 0 aromatic heterocycles. The maximum atomic E-state index is 13.8. The monoisotopic (exact) mass is 295 g/mol. The first-order valence-electron chi connectivity index (χ1n) is 7.22. The van der Waals surface area contributed by atoms with Crippen molar-refractivity contribution in [2.75, 3.05) is 32.1 Å². The van der Waals surface area contributed by atoms with Crippen molar-refractivity contribution in [2.45, 2.75) is 25.3 Å². The molecule has 0 bridgehead atoms. The molecule has 1 aromatic carbocycles. The Balaban J connectivity index is 1.99. The number of amides is 1. The molecule has 116 valence electrons. The van der Waals surface area contributed by atoms with Gasteiger partial charge in [0.1, 0.15) is 11.6 Å². The van der Waals surface area contributed by atoms with Gasteiger partial charge >= 0.3 is 0 Å². The highest BCUT2D eigenvalue weighted by atomic mass is 19.1. The molecule has 1 heterocycles. The van der Waals surface area contributed by atoms with Crippen LogP contribution in [0.2, 0.25) is 0 Å². The molecule has 1 aliphatic heterocycles. The Morgan fingerprint density at radius 2 is 2.19 bits per heavy atom. The summed E-state index contributed by atoms with van der Waals surface area (Å²) >= 11 is 0. The number of nitrogens with one attached hydrogen (secondary N) is 1. The Kier molecular flexibility index (Phi) is 5.38. The lowest BCUT2D eigenvalue weighted by Crippen LogP contribution is -2.37. The van der Waals surface area contributed by atoms with Crippen LogP contribution in [-0.2, 0) is 4.79 Å². The Morgan fingerprint density at radius 1 is 1.48 bits per heavy atom. The minimum Gasteiger partial charge on any atom is -0.497 e. The number of halogens is 1. The first-order chi connectivity index (χ1) is 10.1. The molecule has 1 amide bonds. The van der Waals surface area contributed by atoms with Gasteiger partial charge < -0.3 is 20.7 Å². The third-order valence-corrected chi connectivity index (χ3v) is 3.70. The molecule has 5 nitrogen and oxygen atoms in total. The predicted octanol–water partition coefficient (Wildman–Crippen LogP) is 1.59. The van der Waals surface area contributed by atoms with Crippen LogP contribution in [0.5, 0.6) is 5.75 Å². The fourth-order valence-corrected chi connectivity index (χ4v) is 2.46. The van der Waals surface area contributed by atoms with Gasteiger partial charge in [-0.15, -0.1) is 0 Å². The zero-order valence-corrected chi connectivity index (χ0v) is 12.3. The van der Waals surface area contributed by atoms with Gasteiger partial charge in [0, 0.05) is 38.2 Å². The first-order valence-corrected chi connectivity index (χ1v) is 7.22. The van der Waals surface area contributed by atoms with E-state index in [1.165, 1.54) is 13.2 Å². The van der Waals surface area contributed by atoms with Crippen molar-refractivity contribution in [1.29, 1.82) is 0 Å². The number of hydrogen-bond acceptors (Lipinski definition) is 4. The van der Waals surface area contributed by atoms with E-state index in [2.05, 4.69) is 5.32 Å². The number of rotatable bonds is 6. The second-order valence-electron chi connectivity index (χ2n) is 5.21. The van der Waals surface area contributed by atoms with E-state index >= 15 is 0 Å². The molecule has 1 fully saturated rings. The number of methoxy groups -OCH3 is 1. The standard InChI is InChI=1S/C15H22FN3O2/c1-21-12-4-5-13(16)14(9-12)18-11(10-17)8-15(20)19-6-2-3-7-19/h4-5,9,11,18H,2-3,6-8,10,17H2,1H3. The third kappa shape index (κ3) is 4.07. The number of carbonyl (C=O) groups excluding carboxylic acids is 1. The lowest BCUT2D eigenvalue weighted by Gasteiger charge is -2.22. The van der Waals surface area contributed by atoms with Gasteiger partial charge in [-0.1, -0.05) is 0 Å². The Hall–Kier alpha value is -1.82. The van der Waals surface area contributed by atoms with Crippen LogP contribution in [0.3, 0.4) is 0 Å². The van der Waals surface area contributed by atoms with Gasteiger partial charge in [0.05, 0.1) is 12.8 Å². The maximum absolute atomic E-state index is 13.8. The van der Waals surface area contributed by atoms with Crippen LogP contribution < -0.4 is 15.8 Å². The van der Waals surface area contributed by atoms with E-state index in [9.17, 15) is 9.18 Å². The van der Waals surface area contributed by atoms with Gasteiger partial charge in [-0.3, -0.25) is 4.79 Å². The van der Waals surface area contributed by atoms with Gasteiger partial charge in [0.25, 0.3) is 0 Å². The Labute approximate surface area is 124 Å².